The molecule has 160 valence electrons. The lowest BCUT2D eigenvalue weighted by atomic mass is 9.84. The number of carbonyl (C=O) groups is 1. The van der Waals surface area contributed by atoms with E-state index in [1.54, 1.807) is 4.90 Å². The van der Waals surface area contributed by atoms with Crippen molar-refractivity contribution in [1.29, 1.82) is 0 Å². The van der Waals surface area contributed by atoms with Crippen molar-refractivity contribution in [3.63, 3.8) is 0 Å². The normalized spacial score (nSPS) is 18.6. The lowest BCUT2D eigenvalue weighted by molar-refractivity contribution is -0.124. The van der Waals surface area contributed by atoms with Gasteiger partial charge in [-0.05, 0) is 68.5 Å². The van der Waals surface area contributed by atoms with Crippen LogP contribution in [0.2, 0.25) is 10.0 Å². The summed E-state index contributed by atoms with van der Waals surface area (Å²) in [7, 11) is 0. The number of rotatable bonds is 6. The first-order valence-electron chi connectivity index (χ1n) is 10.5. The molecule has 7 heteroatoms. The Hall–Kier alpha value is -1.27. The molecule has 1 aromatic heterocycles. The number of ether oxygens (including phenoxy) is 1. The van der Waals surface area contributed by atoms with Crippen LogP contribution in [0.25, 0.3) is 0 Å². The van der Waals surface area contributed by atoms with Gasteiger partial charge in [-0.15, -0.1) is 11.8 Å². The van der Waals surface area contributed by atoms with Crippen LogP contribution in [0.1, 0.15) is 44.6 Å². The van der Waals surface area contributed by atoms with Gasteiger partial charge in [0.1, 0.15) is 0 Å². The highest BCUT2D eigenvalue weighted by molar-refractivity contribution is 8.00. The van der Waals surface area contributed by atoms with E-state index < -0.39 is 0 Å². The van der Waals surface area contributed by atoms with Gasteiger partial charge in [0.2, 0.25) is 5.91 Å². The Bertz CT molecular complexity index is 897. The van der Waals surface area contributed by atoms with Crippen LogP contribution in [0.4, 0.5) is 5.82 Å². The second kappa shape index (κ2) is 9.47. The molecular formula is C23H26Cl2N2O2S. The third-order valence-corrected chi connectivity index (χ3v) is 8.14. The molecule has 1 aliphatic heterocycles. The first kappa shape index (κ1) is 21.9. The highest BCUT2D eigenvalue weighted by Crippen LogP contribution is 2.49. The van der Waals surface area contributed by atoms with Gasteiger partial charge >= 0.3 is 0 Å². The Labute approximate surface area is 192 Å². The van der Waals surface area contributed by atoms with Gasteiger partial charge in [0, 0.05) is 41.8 Å². The van der Waals surface area contributed by atoms with Crippen molar-refractivity contribution in [2.75, 3.05) is 24.7 Å². The second-order valence-electron chi connectivity index (χ2n) is 7.90. The molecule has 30 heavy (non-hydrogen) atoms. The molecule has 0 atom stereocenters. The second-order valence-corrected chi connectivity index (χ2v) is 10.2. The van der Waals surface area contributed by atoms with Crippen LogP contribution in [-0.2, 0) is 14.3 Å². The van der Waals surface area contributed by atoms with E-state index in [9.17, 15) is 4.79 Å². The van der Waals surface area contributed by atoms with Gasteiger partial charge in [-0.3, -0.25) is 9.69 Å². The fourth-order valence-electron chi connectivity index (χ4n) is 4.04. The Morgan fingerprint density at radius 3 is 2.50 bits per heavy atom. The number of aromatic nitrogens is 1. The van der Waals surface area contributed by atoms with E-state index in [0.29, 0.717) is 30.6 Å². The third-order valence-electron chi connectivity index (χ3n) is 6.07. The maximum Gasteiger partial charge on any atom is 0.231 e. The van der Waals surface area contributed by atoms with E-state index in [1.807, 2.05) is 55.2 Å². The lowest BCUT2D eigenvalue weighted by Crippen LogP contribution is -2.39. The van der Waals surface area contributed by atoms with Gasteiger partial charge in [0.05, 0.1) is 9.77 Å². The number of amides is 1. The van der Waals surface area contributed by atoms with Gasteiger partial charge in [0.15, 0.2) is 5.82 Å². The molecule has 4 nitrogen and oxygen atoms in total. The molecule has 2 aliphatic rings. The fraction of sp³-hybridized carbons (Fsp3) is 0.478. The standard InChI is InChI=1S/C23H26Cl2N2O2S/c1-2-27(22(28)16-4-3-5-16)21-20(25)14-17(15-26-21)23(10-12-29-13-11-23)30-19-8-6-18(24)7-9-19/h6-9,14-16H,2-5,10-13H2,1H3. The van der Waals surface area contributed by atoms with Crippen LogP contribution in [0.15, 0.2) is 41.4 Å². The summed E-state index contributed by atoms with van der Waals surface area (Å²) in [6.07, 6.45) is 6.69. The number of thioether (sulfide) groups is 1. The zero-order valence-electron chi connectivity index (χ0n) is 17.1. The molecule has 4 rings (SSSR count). The molecule has 2 fully saturated rings. The predicted octanol–water partition coefficient (Wildman–Crippen LogP) is 6.34. The molecule has 0 radical (unpaired) electrons. The molecule has 0 N–H and O–H groups in total. The first-order valence-corrected chi connectivity index (χ1v) is 12.1. The van der Waals surface area contributed by atoms with Crippen LogP contribution in [0, 0.1) is 5.92 Å². The number of anilines is 1. The largest absolute Gasteiger partial charge is 0.381 e. The van der Waals surface area contributed by atoms with E-state index in [4.69, 9.17) is 27.9 Å². The van der Waals surface area contributed by atoms with Crippen molar-refractivity contribution in [3.8, 4) is 0 Å². The Balaban J connectivity index is 1.63. The zero-order chi connectivity index (χ0) is 21.1. The summed E-state index contributed by atoms with van der Waals surface area (Å²) in [4.78, 5) is 20.4. The number of nitrogens with zero attached hydrogens (tertiary/aromatic N) is 2. The SMILES string of the molecule is CCN(C(=O)C1CCC1)c1ncc(C2(Sc3ccc(Cl)cc3)CCOCC2)cc1Cl. The maximum atomic E-state index is 12.8. The summed E-state index contributed by atoms with van der Waals surface area (Å²) in [5, 5.41) is 1.26. The van der Waals surface area contributed by atoms with Gasteiger partial charge in [0.25, 0.3) is 0 Å². The topological polar surface area (TPSA) is 42.4 Å². The van der Waals surface area contributed by atoms with E-state index in [2.05, 4.69) is 4.98 Å². The summed E-state index contributed by atoms with van der Waals surface area (Å²) in [5.41, 5.74) is 1.08. The number of hydrogen-bond acceptors (Lipinski definition) is 4. The van der Waals surface area contributed by atoms with Gasteiger partial charge in [-0.2, -0.15) is 0 Å². The number of hydrogen-bond donors (Lipinski definition) is 0. The number of halogens is 2. The van der Waals surface area contributed by atoms with Crippen molar-refractivity contribution < 1.29 is 9.53 Å². The molecule has 0 bridgehead atoms. The average molecular weight is 465 g/mol. The minimum absolute atomic E-state index is 0.116. The molecule has 1 saturated carbocycles. The summed E-state index contributed by atoms with van der Waals surface area (Å²) in [5.74, 6) is 0.825. The number of pyridine rings is 1. The molecule has 1 saturated heterocycles. The molecule has 2 aromatic rings. The molecular weight excluding hydrogens is 439 g/mol. The number of benzene rings is 1. The highest BCUT2D eigenvalue weighted by atomic mass is 35.5. The van der Waals surface area contributed by atoms with Crippen molar-refractivity contribution in [3.05, 3.63) is 52.1 Å². The van der Waals surface area contributed by atoms with Crippen molar-refractivity contribution in [1.82, 2.24) is 4.98 Å². The van der Waals surface area contributed by atoms with Crippen molar-refractivity contribution in [2.45, 2.75) is 48.7 Å². The van der Waals surface area contributed by atoms with Crippen LogP contribution in [0.3, 0.4) is 0 Å². The Morgan fingerprint density at radius 1 is 1.23 bits per heavy atom. The van der Waals surface area contributed by atoms with Crippen molar-refractivity contribution >= 4 is 46.7 Å². The maximum absolute atomic E-state index is 12.8. The van der Waals surface area contributed by atoms with Crippen LogP contribution in [-0.4, -0.2) is 30.6 Å². The van der Waals surface area contributed by atoms with Crippen LogP contribution in [0.5, 0.6) is 0 Å². The molecule has 1 aromatic carbocycles. The highest BCUT2D eigenvalue weighted by Gasteiger charge is 2.37. The zero-order valence-corrected chi connectivity index (χ0v) is 19.4. The first-order chi connectivity index (χ1) is 14.5. The quantitative estimate of drug-likeness (QED) is 0.499. The molecule has 0 unspecified atom stereocenters. The average Bonchev–Trinajstić information content (AvgIpc) is 2.71. The fourth-order valence-corrected chi connectivity index (χ4v) is 5.76. The Morgan fingerprint density at radius 2 is 1.93 bits per heavy atom. The minimum atomic E-state index is -0.170. The predicted molar refractivity (Wildman–Crippen MR) is 124 cm³/mol. The van der Waals surface area contributed by atoms with Crippen LogP contribution >= 0.6 is 35.0 Å². The van der Waals surface area contributed by atoms with Gasteiger partial charge < -0.3 is 4.74 Å². The molecule has 0 spiro atoms. The van der Waals surface area contributed by atoms with E-state index in [-0.39, 0.29) is 16.6 Å². The lowest BCUT2D eigenvalue weighted by Gasteiger charge is -2.37. The molecule has 2 heterocycles. The monoisotopic (exact) mass is 464 g/mol. The Kier molecular flexibility index (Phi) is 6.93. The van der Waals surface area contributed by atoms with Crippen LogP contribution < -0.4 is 4.90 Å². The summed E-state index contributed by atoms with van der Waals surface area (Å²) in [6, 6.07) is 9.91. The summed E-state index contributed by atoms with van der Waals surface area (Å²) in [6.45, 7) is 3.93. The number of carbonyl (C=O) groups excluding carboxylic acids is 1. The van der Waals surface area contributed by atoms with E-state index in [0.717, 1.165) is 47.6 Å². The minimum Gasteiger partial charge on any atom is -0.381 e. The molecule has 1 amide bonds. The summed E-state index contributed by atoms with van der Waals surface area (Å²) >= 11 is 14.6. The smallest absolute Gasteiger partial charge is 0.231 e. The molecule has 1 aliphatic carbocycles. The van der Waals surface area contributed by atoms with Crippen molar-refractivity contribution in [2.24, 2.45) is 5.92 Å². The van der Waals surface area contributed by atoms with E-state index in [1.165, 1.54) is 0 Å². The van der Waals surface area contributed by atoms with E-state index >= 15 is 0 Å². The van der Waals surface area contributed by atoms with Gasteiger partial charge in [-0.25, -0.2) is 4.98 Å². The third kappa shape index (κ3) is 4.50. The summed E-state index contributed by atoms with van der Waals surface area (Å²) < 4.78 is 5.48. The van der Waals surface area contributed by atoms with Gasteiger partial charge in [-0.1, -0.05) is 29.6 Å².